The lowest BCUT2D eigenvalue weighted by Gasteiger charge is -2.13. The number of benzene rings is 3. The Kier molecular flexibility index (Phi) is 7.08. The van der Waals surface area contributed by atoms with Crippen molar-refractivity contribution >= 4 is 0 Å². The van der Waals surface area contributed by atoms with Crippen molar-refractivity contribution in [3.8, 4) is 56.5 Å². The smallest absolute Gasteiger partial charge is 0.131 e. The summed E-state index contributed by atoms with van der Waals surface area (Å²) >= 11 is 0. The lowest BCUT2D eigenvalue weighted by molar-refractivity contribution is 0.396. The average Bonchev–Trinajstić information content (AvgIpc) is 3.61. The Morgan fingerprint density at radius 2 is 0.971 bits per heavy atom. The summed E-state index contributed by atoms with van der Waals surface area (Å²) in [5.74, 6) is 1.38. The minimum absolute atomic E-state index is 0.691. The summed E-state index contributed by atoms with van der Waals surface area (Å²) in [6.45, 7) is 4.00. The van der Waals surface area contributed by atoms with Crippen LogP contribution in [0.5, 0.6) is 11.5 Å². The van der Waals surface area contributed by atoms with Crippen LogP contribution in [0.4, 0.5) is 0 Å². The predicted octanol–water partition coefficient (Wildman–Crippen LogP) is 6.84. The Morgan fingerprint density at radius 3 is 1.35 bits per heavy atom. The number of nitrogens with zero attached hydrogens (tertiary/aromatic N) is 2. The minimum Gasteiger partial charge on any atom is -0.496 e. The third kappa shape index (κ3) is 4.57. The molecule has 0 aliphatic rings. The molecule has 2 heterocycles. The largest absolute Gasteiger partial charge is 0.496 e. The first-order valence-electron chi connectivity index (χ1n) is 11.2. The van der Waals surface area contributed by atoms with Gasteiger partial charge < -0.3 is 9.47 Å². The molecule has 0 unspecified atom stereocenters. The molecule has 0 aliphatic carbocycles. The van der Waals surface area contributed by atoms with Crippen LogP contribution in [0.25, 0.3) is 45.0 Å². The first kappa shape index (κ1) is 22.9. The summed E-state index contributed by atoms with van der Waals surface area (Å²) in [4.78, 5) is 0. The van der Waals surface area contributed by atoms with Crippen molar-refractivity contribution in [2.75, 3.05) is 14.2 Å². The van der Waals surface area contributed by atoms with Crippen LogP contribution in [0.1, 0.15) is 13.8 Å². The molecule has 0 bridgehead atoms. The molecule has 2 N–H and O–H groups in total. The van der Waals surface area contributed by atoms with Gasteiger partial charge in [-0.25, -0.2) is 0 Å². The molecule has 5 rings (SSSR count). The quantitative estimate of drug-likeness (QED) is 0.296. The Balaban J connectivity index is 0.00000133. The lowest BCUT2D eigenvalue weighted by Crippen LogP contribution is -1.94. The van der Waals surface area contributed by atoms with Gasteiger partial charge in [0.05, 0.1) is 37.0 Å². The SMILES string of the molecule is CC.COc1cc(OC)c(-c2cc(-c3ccccc3)n[nH]2)cc1-c1cc(-c2ccccc2)n[nH]1. The van der Waals surface area contributed by atoms with Gasteiger partial charge in [0.2, 0.25) is 0 Å². The molecule has 0 amide bonds. The second-order valence-corrected chi connectivity index (χ2v) is 7.32. The van der Waals surface area contributed by atoms with E-state index < -0.39 is 0 Å². The molecule has 0 radical (unpaired) electrons. The van der Waals surface area contributed by atoms with Gasteiger partial charge in [0.15, 0.2) is 0 Å². The molecule has 5 aromatic rings. The van der Waals surface area contributed by atoms with E-state index in [0.717, 1.165) is 45.0 Å². The molecule has 6 heteroatoms. The molecule has 0 fully saturated rings. The Bertz CT molecular complexity index is 1240. The normalized spacial score (nSPS) is 10.4. The van der Waals surface area contributed by atoms with Crippen LogP contribution in [-0.2, 0) is 0 Å². The molecule has 2 aromatic heterocycles. The lowest BCUT2D eigenvalue weighted by atomic mass is 10.0. The zero-order valence-corrected chi connectivity index (χ0v) is 19.8. The number of nitrogens with one attached hydrogen (secondary N) is 2. The number of H-pyrrole nitrogens is 2. The van der Waals surface area contributed by atoms with E-state index in [4.69, 9.17) is 9.47 Å². The fraction of sp³-hybridized carbons (Fsp3) is 0.143. The number of hydrogen-bond acceptors (Lipinski definition) is 4. The number of ether oxygens (including phenoxy) is 2. The highest BCUT2D eigenvalue weighted by Gasteiger charge is 2.18. The molecular weight excluding hydrogens is 424 g/mol. The molecule has 6 nitrogen and oxygen atoms in total. The van der Waals surface area contributed by atoms with Crippen molar-refractivity contribution in [3.05, 3.63) is 84.9 Å². The van der Waals surface area contributed by atoms with Gasteiger partial charge in [0, 0.05) is 28.3 Å². The van der Waals surface area contributed by atoms with E-state index in [2.05, 4.69) is 20.4 Å². The standard InChI is InChI=1S/C26H22N4O2.C2H6/c1-31-25-16-26(32-2)20(24-15-22(28-30-24)18-11-7-4-8-12-18)13-19(25)23-14-21(27-29-23)17-9-5-3-6-10-17;1-2/h3-16H,1-2H3,(H,27,29)(H,28,30);1-2H3. The summed E-state index contributed by atoms with van der Waals surface area (Å²) in [6.07, 6.45) is 0. The van der Waals surface area contributed by atoms with Crippen molar-refractivity contribution in [3.63, 3.8) is 0 Å². The summed E-state index contributed by atoms with van der Waals surface area (Å²) in [5, 5.41) is 15.3. The van der Waals surface area contributed by atoms with E-state index in [-0.39, 0.29) is 0 Å². The van der Waals surface area contributed by atoms with E-state index in [1.54, 1.807) is 14.2 Å². The van der Waals surface area contributed by atoms with Crippen LogP contribution in [-0.4, -0.2) is 34.6 Å². The molecule has 34 heavy (non-hydrogen) atoms. The molecule has 0 atom stereocenters. The highest BCUT2D eigenvalue weighted by molar-refractivity contribution is 5.82. The van der Waals surface area contributed by atoms with Gasteiger partial charge >= 0.3 is 0 Å². The maximum absolute atomic E-state index is 5.67. The van der Waals surface area contributed by atoms with Gasteiger partial charge in [0.25, 0.3) is 0 Å². The van der Waals surface area contributed by atoms with Crippen molar-refractivity contribution in [2.24, 2.45) is 0 Å². The average molecular weight is 453 g/mol. The van der Waals surface area contributed by atoms with Crippen LogP contribution in [0.3, 0.4) is 0 Å². The molecule has 0 saturated carbocycles. The van der Waals surface area contributed by atoms with Gasteiger partial charge in [-0.2, -0.15) is 10.2 Å². The van der Waals surface area contributed by atoms with Crippen molar-refractivity contribution in [1.82, 2.24) is 20.4 Å². The Hall–Kier alpha value is -4.32. The third-order valence-electron chi connectivity index (χ3n) is 5.40. The summed E-state index contributed by atoms with van der Waals surface area (Å²) < 4.78 is 11.3. The van der Waals surface area contributed by atoms with Gasteiger partial charge in [0.1, 0.15) is 11.5 Å². The molecule has 0 spiro atoms. The van der Waals surface area contributed by atoms with Gasteiger partial charge in [-0.05, 0) is 18.2 Å². The Labute approximate surface area is 199 Å². The van der Waals surface area contributed by atoms with E-state index >= 15 is 0 Å². The maximum atomic E-state index is 5.67. The second-order valence-electron chi connectivity index (χ2n) is 7.32. The molecule has 0 aliphatic heterocycles. The third-order valence-corrected chi connectivity index (χ3v) is 5.40. The highest BCUT2D eigenvalue weighted by Crippen LogP contribution is 2.41. The first-order valence-corrected chi connectivity index (χ1v) is 11.2. The van der Waals surface area contributed by atoms with Crippen LogP contribution in [0.2, 0.25) is 0 Å². The zero-order chi connectivity index (χ0) is 23.9. The second kappa shape index (κ2) is 10.5. The van der Waals surface area contributed by atoms with Crippen molar-refractivity contribution in [1.29, 1.82) is 0 Å². The van der Waals surface area contributed by atoms with Gasteiger partial charge in [-0.1, -0.05) is 74.5 Å². The molecule has 3 aromatic carbocycles. The molecule has 0 saturated heterocycles. The number of hydrogen-bond donors (Lipinski definition) is 2. The molecular formula is C28H28N4O2. The van der Waals surface area contributed by atoms with Crippen molar-refractivity contribution in [2.45, 2.75) is 13.8 Å². The van der Waals surface area contributed by atoms with Crippen molar-refractivity contribution < 1.29 is 9.47 Å². The van der Waals surface area contributed by atoms with E-state index in [9.17, 15) is 0 Å². The predicted molar refractivity (Wildman–Crippen MR) is 137 cm³/mol. The van der Waals surface area contributed by atoms with Gasteiger partial charge in [-0.15, -0.1) is 0 Å². The zero-order valence-electron chi connectivity index (χ0n) is 19.8. The minimum atomic E-state index is 0.691. The Morgan fingerprint density at radius 1 is 0.559 bits per heavy atom. The van der Waals surface area contributed by atoms with Gasteiger partial charge in [-0.3, -0.25) is 10.2 Å². The fourth-order valence-corrected chi connectivity index (χ4v) is 3.75. The summed E-state index contributed by atoms with van der Waals surface area (Å²) in [6, 6.07) is 28.1. The van der Waals surface area contributed by atoms with Crippen LogP contribution < -0.4 is 9.47 Å². The summed E-state index contributed by atoms with van der Waals surface area (Å²) in [5.41, 5.74) is 7.30. The monoisotopic (exact) mass is 452 g/mol. The number of methoxy groups -OCH3 is 2. The van der Waals surface area contributed by atoms with Crippen LogP contribution in [0, 0.1) is 0 Å². The number of aromatic amines is 2. The number of aromatic nitrogens is 4. The summed E-state index contributed by atoms with van der Waals surface area (Å²) in [7, 11) is 3.30. The number of rotatable bonds is 6. The first-order chi connectivity index (χ1) is 16.8. The maximum Gasteiger partial charge on any atom is 0.131 e. The fourth-order valence-electron chi connectivity index (χ4n) is 3.75. The molecule has 172 valence electrons. The van der Waals surface area contributed by atoms with Crippen LogP contribution >= 0.6 is 0 Å². The topological polar surface area (TPSA) is 75.8 Å². The van der Waals surface area contributed by atoms with E-state index in [0.29, 0.717) is 11.5 Å². The van der Waals surface area contributed by atoms with E-state index in [1.807, 2.05) is 98.8 Å². The highest BCUT2D eigenvalue weighted by atomic mass is 16.5. The van der Waals surface area contributed by atoms with E-state index in [1.165, 1.54) is 0 Å². The van der Waals surface area contributed by atoms with Crippen LogP contribution in [0.15, 0.2) is 84.9 Å².